The van der Waals surface area contributed by atoms with Crippen molar-refractivity contribution in [1.82, 2.24) is 4.98 Å². The molecule has 82 valence electrons. The van der Waals surface area contributed by atoms with Gasteiger partial charge in [-0.1, -0.05) is 6.07 Å². The molecule has 0 spiro atoms. The summed E-state index contributed by atoms with van der Waals surface area (Å²) in [7, 11) is 0. The van der Waals surface area contributed by atoms with Crippen molar-refractivity contribution in [3.8, 4) is 17.0 Å². The van der Waals surface area contributed by atoms with Crippen molar-refractivity contribution in [2.45, 2.75) is 0 Å². The monoisotopic (exact) mass is 214 g/mol. The van der Waals surface area contributed by atoms with Gasteiger partial charge in [0.15, 0.2) is 0 Å². The summed E-state index contributed by atoms with van der Waals surface area (Å²) in [5, 5.41) is 0. The summed E-state index contributed by atoms with van der Waals surface area (Å²) in [6.07, 6.45) is 1.79. The lowest BCUT2D eigenvalue weighted by Crippen LogP contribution is -2.10. The van der Waals surface area contributed by atoms with Gasteiger partial charge >= 0.3 is 0 Å². The van der Waals surface area contributed by atoms with Crippen LogP contribution < -0.4 is 10.5 Å². The zero-order valence-electron chi connectivity index (χ0n) is 8.97. The van der Waals surface area contributed by atoms with Crippen molar-refractivity contribution >= 4 is 0 Å². The van der Waals surface area contributed by atoms with Gasteiger partial charge in [0.1, 0.15) is 12.4 Å². The van der Waals surface area contributed by atoms with E-state index in [4.69, 9.17) is 10.5 Å². The van der Waals surface area contributed by atoms with Gasteiger partial charge in [0, 0.05) is 18.3 Å². The second-order valence-corrected chi connectivity index (χ2v) is 3.38. The zero-order chi connectivity index (χ0) is 11.2. The van der Waals surface area contributed by atoms with Crippen LogP contribution in [-0.2, 0) is 0 Å². The van der Waals surface area contributed by atoms with Gasteiger partial charge in [0.25, 0.3) is 0 Å². The first-order valence-electron chi connectivity index (χ1n) is 5.24. The smallest absolute Gasteiger partial charge is 0.119 e. The molecule has 0 aliphatic heterocycles. The Morgan fingerprint density at radius 3 is 2.50 bits per heavy atom. The second-order valence-electron chi connectivity index (χ2n) is 3.38. The Bertz CT molecular complexity index is 425. The van der Waals surface area contributed by atoms with Gasteiger partial charge < -0.3 is 10.5 Å². The van der Waals surface area contributed by atoms with Crippen molar-refractivity contribution in [3.63, 3.8) is 0 Å². The molecule has 1 heterocycles. The molecule has 0 saturated carbocycles. The molecule has 3 heteroatoms. The van der Waals surface area contributed by atoms with Crippen molar-refractivity contribution in [1.29, 1.82) is 0 Å². The van der Waals surface area contributed by atoms with Gasteiger partial charge in [-0.2, -0.15) is 0 Å². The lowest BCUT2D eigenvalue weighted by molar-refractivity contribution is 0.328. The van der Waals surface area contributed by atoms with Crippen LogP contribution in [-0.4, -0.2) is 18.1 Å². The van der Waals surface area contributed by atoms with Gasteiger partial charge in [-0.15, -0.1) is 0 Å². The number of nitrogens with two attached hydrogens (primary N) is 1. The van der Waals surface area contributed by atoms with Crippen LogP contribution >= 0.6 is 0 Å². The minimum Gasteiger partial charge on any atom is -0.492 e. The zero-order valence-corrected chi connectivity index (χ0v) is 8.97. The highest BCUT2D eigenvalue weighted by Gasteiger charge is 1.98. The molecule has 2 rings (SSSR count). The summed E-state index contributed by atoms with van der Waals surface area (Å²) >= 11 is 0. The van der Waals surface area contributed by atoms with Crippen LogP contribution in [0.1, 0.15) is 0 Å². The van der Waals surface area contributed by atoms with Crippen molar-refractivity contribution in [2.75, 3.05) is 13.2 Å². The third-order valence-corrected chi connectivity index (χ3v) is 2.20. The number of rotatable bonds is 4. The summed E-state index contributed by atoms with van der Waals surface area (Å²) in [6, 6.07) is 13.7. The predicted molar refractivity (Wildman–Crippen MR) is 64.2 cm³/mol. The fourth-order valence-corrected chi connectivity index (χ4v) is 1.43. The summed E-state index contributed by atoms with van der Waals surface area (Å²) in [6.45, 7) is 1.07. The van der Waals surface area contributed by atoms with E-state index in [1.165, 1.54) is 0 Å². The Morgan fingerprint density at radius 2 is 1.88 bits per heavy atom. The molecule has 0 radical (unpaired) electrons. The highest BCUT2D eigenvalue weighted by molar-refractivity contribution is 5.59. The maximum absolute atomic E-state index is 5.40. The Kier molecular flexibility index (Phi) is 3.51. The molecule has 1 aromatic heterocycles. The number of hydrogen-bond donors (Lipinski definition) is 1. The lowest BCUT2D eigenvalue weighted by Gasteiger charge is -2.05. The Labute approximate surface area is 94.9 Å². The fourth-order valence-electron chi connectivity index (χ4n) is 1.43. The largest absolute Gasteiger partial charge is 0.492 e. The van der Waals surface area contributed by atoms with Crippen LogP contribution in [0.4, 0.5) is 0 Å². The summed E-state index contributed by atoms with van der Waals surface area (Å²) in [5.41, 5.74) is 7.41. The topological polar surface area (TPSA) is 48.1 Å². The van der Waals surface area contributed by atoms with E-state index < -0.39 is 0 Å². The van der Waals surface area contributed by atoms with E-state index in [0.29, 0.717) is 13.2 Å². The van der Waals surface area contributed by atoms with E-state index in [1.807, 2.05) is 42.5 Å². The van der Waals surface area contributed by atoms with E-state index in [0.717, 1.165) is 17.0 Å². The van der Waals surface area contributed by atoms with Gasteiger partial charge in [-0.05, 0) is 36.4 Å². The fraction of sp³-hybridized carbons (Fsp3) is 0.154. The molecule has 0 bridgehead atoms. The van der Waals surface area contributed by atoms with Crippen molar-refractivity contribution in [3.05, 3.63) is 48.7 Å². The first kappa shape index (κ1) is 10.6. The van der Waals surface area contributed by atoms with Crippen molar-refractivity contribution < 1.29 is 4.74 Å². The molecule has 0 fully saturated rings. The molecular weight excluding hydrogens is 200 g/mol. The van der Waals surface area contributed by atoms with Crippen LogP contribution in [0.2, 0.25) is 0 Å². The van der Waals surface area contributed by atoms with Crippen molar-refractivity contribution in [2.24, 2.45) is 5.73 Å². The minimum absolute atomic E-state index is 0.530. The van der Waals surface area contributed by atoms with Gasteiger partial charge in [0.05, 0.1) is 5.69 Å². The van der Waals surface area contributed by atoms with Crippen LogP contribution in [0.5, 0.6) is 5.75 Å². The molecule has 0 amide bonds. The molecule has 2 aromatic rings. The lowest BCUT2D eigenvalue weighted by atomic mass is 10.1. The molecule has 0 aliphatic rings. The first-order chi connectivity index (χ1) is 7.90. The molecular formula is C13H14N2O. The molecule has 0 aliphatic carbocycles. The maximum Gasteiger partial charge on any atom is 0.119 e. The molecule has 2 N–H and O–H groups in total. The van der Waals surface area contributed by atoms with Crippen LogP contribution in [0.15, 0.2) is 48.7 Å². The van der Waals surface area contributed by atoms with E-state index in [1.54, 1.807) is 6.20 Å². The third-order valence-electron chi connectivity index (χ3n) is 2.20. The van der Waals surface area contributed by atoms with Gasteiger partial charge in [-0.25, -0.2) is 0 Å². The molecule has 16 heavy (non-hydrogen) atoms. The highest BCUT2D eigenvalue weighted by Crippen LogP contribution is 2.19. The SMILES string of the molecule is NCCOc1ccc(-c2ccccn2)cc1. The van der Waals surface area contributed by atoms with Crippen LogP contribution in [0.25, 0.3) is 11.3 Å². The molecule has 1 aromatic carbocycles. The van der Waals surface area contributed by atoms with Gasteiger partial charge in [0.2, 0.25) is 0 Å². The number of hydrogen-bond acceptors (Lipinski definition) is 3. The Hall–Kier alpha value is -1.87. The number of nitrogens with zero attached hydrogens (tertiary/aromatic N) is 1. The number of aromatic nitrogens is 1. The van der Waals surface area contributed by atoms with Gasteiger partial charge in [-0.3, -0.25) is 4.98 Å². The third kappa shape index (κ3) is 2.58. The summed E-state index contributed by atoms with van der Waals surface area (Å²) in [4.78, 5) is 4.28. The summed E-state index contributed by atoms with van der Waals surface area (Å²) < 4.78 is 5.40. The van der Waals surface area contributed by atoms with E-state index in [-0.39, 0.29) is 0 Å². The van der Waals surface area contributed by atoms with E-state index in [2.05, 4.69) is 4.98 Å². The van der Waals surface area contributed by atoms with E-state index in [9.17, 15) is 0 Å². The Balaban J connectivity index is 2.13. The molecule has 3 nitrogen and oxygen atoms in total. The second kappa shape index (κ2) is 5.28. The normalized spacial score (nSPS) is 10.1. The Morgan fingerprint density at radius 1 is 1.06 bits per heavy atom. The van der Waals surface area contributed by atoms with E-state index >= 15 is 0 Å². The minimum atomic E-state index is 0.530. The number of benzene rings is 1. The average molecular weight is 214 g/mol. The maximum atomic E-state index is 5.40. The molecule has 0 atom stereocenters. The predicted octanol–water partition coefficient (Wildman–Crippen LogP) is 2.09. The number of ether oxygens (including phenoxy) is 1. The number of pyridine rings is 1. The standard InChI is InChI=1S/C13H14N2O/c14-8-10-16-12-6-4-11(5-7-12)13-3-1-2-9-15-13/h1-7,9H,8,10,14H2. The molecule has 0 unspecified atom stereocenters. The van der Waals surface area contributed by atoms with Crippen LogP contribution in [0, 0.1) is 0 Å². The summed E-state index contributed by atoms with van der Waals surface area (Å²) in [5.74, 6) is 0.838. The van der Waals surface area contributed by atoms with Crippen LogP contribution in [0.3, 0.4) is 0 Å². The average Bonchev–Trinajstić information content (AvgIpc) is 2.38. The molecule has 0 saturated heterocycles. The quantitative estimate of drug-likeness (QED) is 0.847. The first-order valence-corrected chi connectivity index (χ1v) is 5.24. The highest BCUT2D eigenvalue weighted by atomic mass is 16.5.